The molecule has 0 saturated heterocycles. The Balaban J connectivity index is 2.26. The molecule has 2 rings (SSSR count). The van der Waals surface area contributed by atoms with Crippen LogP contribution in [0.1, 0.15) is 21.5 Å². The van der Waals surface area contributed by atoms with Crippen LogP contribution in [-0.2, 0) is 6.61 Å². The number of hydrogen-bond acceptors (Lipinski definition) is 2. The van der Waals surface area contributed by atoms with Gasteiger partial charge in [0.1, 0.15) is 17.9 Å². The first-order valence-electron chi connectivity index (χ1n) is 5.78. The summed E-state index contributed by atoms with van der Waals surface area (Å²) < 4.78 is 5.56. The Morgan fingerprint density at radius 3 is 2.53 bits per heavy atom. The third-order valence-electron chi connectivity index (χ3n) is 2.75. The fourth-order valence-corrected chi connectivity index (χ4v) is 1.95. The minimum atomic E-state index is -1.09. The van der Waals surface area contributed by atoms with Crippen LogP contribution in [0.3, 0.4) is 0 Å². The molecule has 0 saturated carbocycles. The van der Waals surface area contributed by atoms with E-state index >= 15 is 0 Å². The molecule has 19 heavy (non-hydrogen) atoms. The summed E-state index contributed by atoms with van der Waals surface area (Å²) in [6.07, 6.45) is 0. The highest BCUT2D eigenvalue weighted by atomic mass is 35.5. The zero-order valence-corrected chi connectivity index (χ0v) is 11.1. The maximum Gasteiger partial charge on any atom is 0.341 e. The van der Waals surface area contributed by atoms with Gasteiger partial charge in [-0.05, 0) is 24.1 Å². The van der Waals surface area contributed by atoms with Gasteiger partial charge >= 0.3 is 5.97 Å². The van der Waals surface area contributed by atoms with Crippen LogP contribution in [0.25, 0.3) is 0 Å². The van der Waals surface area contributed by atoms with E-state index < -0.39 is 5.97 Å². The van der Waals surface area contributed by atoms with Crippen molar-refractivity contribution in [3.8, 4) is 5.75 Å². The van der Waals surface area contributed by atoms with E-state index in [1.54, 1.807) is 19.1 Å². The van der Waals surface area contributed by atoms with Gasteiger partial charge in [0.15, 0.2) is 0 Å². The van der Waals surface area contributed by atoms with Gasteiger partial charge in [-0.3, -0.25) is 0 Å². The van der Waals surface area contributed by atoms with Gasteiger partial charge in [0.05, 0.1) is 5.02 Å². The summed E-state index contributed by atoms with van der Waals surface area (Å²) in [5, 5.41) is 9.42. The van der Waals surface area contributed by atoms with Crippen molar-refractivity contribution < 1.29 is 14.6 Å². The standard InChI is InChI=1S/C15H13ClO3/c1-10-7-8-12(13(14(10)16)15(17)18)19-9-11-5-3-2-4-6-11/h2-8H,9H2,1H3,(H,17,18). The van der Waals surface area contributed by atoms with E-state index in [0.29, 0.717) is 12.2 Å². The molecule has 3 nitrogen and oxygen atoms in total. The topological polar surface area (TPSA) is 46.5 Å². The first-order chi connectivity index (χ1) is 9.09. The lowest BCUT2D eigenvalue weighted by molar-refractivity contribution is 0.0692. The molecule has 0 bridgehead atoms. The SMILES string of the molecule is Cc1ccc(OCc2ccccc2)c(C(=O)O)c1Cl. The lowest BCUT2D eigenvalue weighted by Gasteiger charge is -2.11. The Labute approximate surface area is 116 Å². The molecule has 0 unspecified atom stereocenters. The van der Waals surface area contributed by atoms with Crippen molar-refractivity contribution in [2.45, 2.75) is 13.5 Å². The lowest BCUT2D eigenvalue weighted by atomic mass is 10.1. The molecule has 0 aliphatic carbocycles. The molecule has 0 aromatic heterocycles. The van der Waals surface area contributed by atoms with Gasteiger partial charge in [0.25, 0.3) is 0 Å². The quantitative estimate of drug-likeness (QED) is 0.920. The van der Waals surface area contributed by atoms with Crippen molar-refractivity contribution >= 4 is 17.6 Å². The highest BCUT2D eigenvalue weighted by Gasteiger charge is 2.17. The van der Waals surface area contributed by atoms with E-state index in [-0.39, 0.29) is 16.3 Å². The van der Waals surface area contributed by atoms with Crippen molar-refractivity contribution in [1.29, 1.82) is 0 Å². The van der Waals surface area contributed by atoms with Crippen LogP contribution >= 0.6 is 11.6 Å². The van der Waals surface area contributed by atoms with E-state index in [2.05, 4.69) is 0 Å². The number of ether oxygens (including phenoxy) is 1. The highest BCUT2D eigenvalue weighted by molar-refractivity contribution is 6.34. The number of rotatable bonds is 4. The van der Waals surface area contributed by atoms with Crippen LogP contribution in [0.5, 0.6) is 5.75 Å². The monoisotopic (exact) mass is 276 g/mol. The first kappa shape index (κ1) is 13.4. The molecule has 0 heterocycles. The first-order valence-corrected chi connectivity index (χ1v) is 6.16. The van der Waals surface area contributed by atoms with E-state index in [1.165, 1.54) is 0 Å². The Kier molecular flexibility index (Phi) is 4.07. The second kappa shape index (κ2) is 5.76. The minimum Gasteiger partial charge on any atom is -0.488 e. The van der Waals surface area contributed by atoms with Crippen molar-refractivity contribution in [2.24, 2.45) is 0 Å². The Morgan fingerprint density at radius 2 is 1.89 bits per heavy atom. The molecule has 2 aromatic rings. The minimum absolute atomic E-state index is 0.0117. The summed E-state index contributed by atoms with van der Waals surface area (Å²) in [4.78, 5) is 11.2. The van der Waals surface area contributed by atoms with Gasteiger partial charge in [0, 0.05) is 0 Å². The van der Waals surface area contributed by atoms with Gasteiger partial charge in [-0.25, -0.2) is 4.79 Å². The molecule has 0 radical (unpaired) electrons. The van der Waals surface area contributed by atoms with Crippen molar-refractivity contribution in [3.63, 3.8) is 0 Å². The average molecular weight is 277 g/mol. The van der Waals surface area contributed by atoms with E-state index in [9.17, 15) is 9.90 Å². The van der Waals surface area contributed by atoms with E-state index in [0.717, 1.165) is 5.56 Å². The van der Waals surface area contributed by atoms with Crippen LogP contribution in [0.4, 0.5) is 0 Å². The molecule has 98 valence electrons. The van der Waals surface area contributed by atoms with E-state index in [1.807, 2.05) is 30.3 Å². The Morgan fingerprint density at radius 1 is 1.21 bits per heavy atom. The number of carbonyl (C=O) groups is 1. The van der Waals surface area contributed by atoms with Gasteiger partial charge in [-0.2, -0.15) is 0 Å². The van der Waals surface area contributed by atoms with Crippen molar-refractivity contribution in [2.75, 3.05) is 0 Å². The van der Waals surface area contributed by atoms with Crippen molar-refractivity contribution in [1.82, 2.24) is 0 Å². The molecule has 2 aromatic carbocycles. The normalized spacial score (nSPS) is 10.2. The number of carboxylic acids is 1. The summed E-state index contributed by atoms with van der Waals surface area (Å²) in [6.45, 7) is 2.07. The molecule has 1 N–H and O–H groups in total. The van der Waals surface area contributed by atoms with Gasteiger partial charge < -0.3 is 9.84 Å². The molecular weight excluding hydrogens is 264 g/mol. The third-order valence-corrected chi connectivity index (χ3v) is 3.23. The largest absolute Gasteiger partial charge is 0.488 e. The number of benzene rings is 2. The van der Waals surface area contributed by atoms with Crippen LogP contribution in [0, 0.1) is 6.92 Å². The summed E-state index contributed by atoms with van der Waals surface area (Å²) >= 11 is 6.01. The summed E-state index contributed by atoms with van der Waals surface area (Å²) in [6, 6.07) is 12.9. The smallest absolute Gasteiger partial charge is 0.341 e. The molecule has 0 spiro atoms. The second-order valence-electron chi connectivity index (χ2n) is 4.15. The zero-order chi connectivity index (χ0) is 13.8. The van der Waals surface area contributed by atoms with Crippen molar-refractivity contribution in [3.05, 3.63) is 64.2 Å². The fraction of sp³-hybridized carbons (Fsp3) is 0.133. The molecule has 0 aliphatic heterocycles. The summed E-state index contributed by atoms with van der Waals surface area (Å²) in [7, 11) is 0. The summed E-state index contributed by atoms with van der Waals surface area (Å²) in [5.74, 6) is -0.802. The summed E-state index contributed by atoms with van der Waals surface area (Å²) in [5.41, 5.74) is 1.69. The number of hydrogen-bond donors (Lipinski definition) is 1. The van der Waals surface area contributed by atoms with Crippen LogP contribution in [0.2, 0.25) is 5.02 Å². The van der Waals surface area contributed by atoms with Crippen LogP contribution in [0.15, 0.2) is 42.5 Å². The molecule has 0 amide bonds. The zero-order valence-electron chi connectivity index (χ0n) is 10.4. The maximum absolute atomic E-state index is 11.2. The van der Waals surface area contributed by atoms with E-state index in [4.69, 9.17) is 16.3 Å². The Bertz CT molecular complexity index is 594. The molecule has 0 aliphatic rings. The van der Waals surface area contributed by atoms with Gasteiger partial charge in [-0.1, -0.05) is 48.0 Å². The molecule has 4 heteroatoms. The predicted molar refractivity (Wildman–Crippen MR) is 73.9 cm³/mol. The molecule has 0 fully saturated rings. The number of aryl methyl sites for hydroxylation is 1. The lowest BCUT2D eigenvalue weighted by Crippen LogP contribution is -2.05. The van der Waals surface area contributed by atoms with Crippen LogP contribution < -0.4 is 4.74 Å². The average Bonchev–Trinajstić information content (AvgIpc) is 2.41. The third kappa shape index (κ3) is 3.06. The van der Waals surface area contributed by atoms with Crippen LogP contribution in [-0.4, -0.2) is 11.1 Å². The number of halogens is 1. The number of carboxylic acid groups (broad SMARTS) is 1. The number of aromatic carboxylic acids is 1. The maximum atomic E-state index is 11.2. The Hall–Kier alpha value is -2.00. The highest BCUT2D eigenvalue weighted by Crippen LogP contribution is 2.30. The van der Waals surface area contributed by atoms with Gasteiger partial charge in [0.2, 0.25) is 0 Å². The second-order valence-corrected chi connectivity index (χ2v) is 4.53. The molecule has 0 atom stereocenters. The fourth-order valence-electron chi connectivity index (χ4n) is 1.72. The predicted octanol–water partition coefficient (Wildman–Crippen LogP) is 3.93. The van der Waals surface area contributed by atoms with Gasteiger partial charge in [-0.15, -0.1) is 0 Å². The molecular formula is C15H13ClO3.